The quantitative estimate of drug-likeness (QED) is 0.767. The second kappa shape index (κ2) is 6.91. The molecule has 1 heterocycles. The summed E-state index contributed by atoms with van der Waals surface area (Å²) in [6.45, 7) is 0. The van der Waals surface area contributed by atoms with Crippen LogP contribution in [0.1, 0.15) is 19.3 Å². The number of carbonyl (C=O) groups excluding carboxylic acids is 1. The van der Waals surface area contributed by atoms with E-state index in [1.807, 2.05) is 30.3 Å². The molecule has 1 aliphatic rings. The van der Waals surface area contributed by atoms with Gasteiger partial charge in [0.25, 0.3) is 0 Å². The molecule has 1 aromatic carbocycles. The molecule has 7 heteroatoms. The first-order chi connectivity index (χ1) is 10.3. The van der Waals surface area contributed by atoms with Gasteiger partial charge < -0.3 is 10.6 Å². The molecule has 5 nitrogen and oxygen atoms in total. The molecular formula is C14H16N4OS2. The SMILES string of the molecule is O=C(CCSc1nnc(NC2CC2)s1)Nc1ccccc1. The van der Waals surface area contributed by atoms with E-state index in [1.54, 1.807) is 23.1 Å². The molecule has 2 aromatic rings. The van der Waals surface area contributed by atoms with Crippen molar-refractivity contribution in [1.82, 2.24) is 10.2 Å². The molecule has 2 N–H and O–H groups in total. The van der Waals surface area contributed by atoms with Crippen LogP contribution < -0.4 is 10.6 Å². The van der Waals surface area contributed by atoms with Gasteiger partial charge in [-0.3, -0.25) is 4.79 Å². The van der Waals surface area contributed by atoms with Crippen LogP contribution in [0.2, 0.25) is 0 Å². The lowest BCUT2D eigenvalue weighted by molar-refractivity contribution is -0.115. The van der Waals surface area contributed by atoms with Gasteiger partial charge in [-0.25, -0.2) is 0 Å². The molecule has 0 saturated heterocycles. The van der Waals surface area contributed by atoms with Crippen molar-refractivity contribution < 1.29 is 4.79 Å². The zero-order chi connectivity index (χ0) is 14.5. The summed E-state index contributed by atoms with van der Waals surface area (Å²) in [6, 6.07) is 10.1. The Morgan fingerprint density at radius 2 is 2.10 bits per heavy atom. The molecule has 0 atom stereocenters. The number of carbonyl (C=O) groups is 1. The lowest BCUT2D eigenvalue weighted by Gasteiger charge is -2.03. The van der Waals surface area contributed by atoms with E-state index in [1.165, 1.54) is 12.8 Å². The van der Waals surface area contributed by atoms with E-state index in [0.29, 0.717) is 18.2 Å². The number of rotatable bonds is 7. The van der Waals surface area contributed by atoms with Crippen LogP contribution in [0, 0.1) is 0 Å². The number of nitrogens with zero attached hydrogens (tertiary/aromatic N) is 2. The van der Waals surface area contributed by atoms with E-state index in [4.69, 9.17) is 0 Å². The Balaban J connectivity index is 1.38. The van der Waals surface area contributed by atoms with E-state index in [0.717, 1.165) is 15.2 Å². The van der Waals surface area contributed by atoms with Crippen molar-refractivity contribution in [2.75, 3.05) is 16.4 Å². The number of hydrogen-bond acceptors (Lipinski definition) is 6. The van der Waals surface area contributed by atoms with Crippen molar-refractivity contribution in [3.8, 4) is 0 Å². The molecule has 0 unspecified atom stereocenters. The van der Waals surface area contributed by atoms with Crippen molar-refractivity contribution in [3.63, 3.8) is 0 Å². The van der Waals surface area contributed by atoms with E-state index < -0.39 is 0 Å². The maximum Gasteiger partial charge on any atom is 0.225 e. The highest BCUT2D eigenvalue weighted by molar-refractivity contribution is 8.01. The fraction of sp³-hybridized carbons (Fsp3) is 0.357. The largest absolute Gasteiger partial charge is 0.357 e. The lowest BCUT2D eigenvalue weighted by atomic mass is 10.3. The first-order valence-corrected chi connectivity index (χ1v) is 8.67. The number of nitrogens with one attached hydrogen (secondary N) is 2. The van der Waals surface area contributed by atoms with Gasteiger partial charge in [0.15, 0.2) is 4.34 Å². The molecule has 1 saturated carbocycles. The van der Waals surface area contributed by atoms with Gasteiger partial charge >= 0.3 is 0 Å². The van der Waals surface area contributed by atoms with Gasteiger partial charge in [0, 0.05) is 23.9 Å². The summed E-state index contributed by atoms with van der Waals surface area (Å²) in [5, 5.41) is 15.3. The minimum Gasteiger partial charge on any atom is -0.357 e. The van der Waals surface area contributed by atoms with Crippen molar-refractivity contribution >= 4 is 39.8 Å². The molecule has 3 rings (SSSR count). The van der Waals surface area contributed by atoms with Crippen molar-refractivity contribution in [2.45, 2.75) is 29.6 Å². The lowest BCUT2D eigenvalue weighted by Crippen LogP contribution is -2.11. The van der Waals surface area contributed by atoms with Crippen molar-refractivity contribution in [3.05, 3.63) is 30.3 Å². The maximum atomic E-state index is 11.8. The fourth-order valence-electron chi connectivity index (χ4n) is 1.70. The van der Waals surface area contributed by atoms with Crippen LogP contribution in [0.15, 0.2) is 34.7 Å². The van der Waals surface area contributed by atoms with Crippen LogP contribution in [-0.2, 0) is 4.79 Å². The average Bonchev–Trinajstić information content (AvgIpc) is 3.18. The normalized spacial score (nSPS) is 13.9. The van der Waals surface area contributed by atoms with Crippen LogP contribution in [-0.4, -0.2) is 27.9 Å². The Morgan fingerprint density at radius 1 is 1.29 bits per heavy atom. The second-order valence-corrected chi connectivity index (χ2v) is 7.12. The Kier molecular flexibility index (Phi) is 4.72. The summed E-state index contributed by atoms with van der Waals surface area (Å²) in [6.07, 6.45) is 2.91. The number of benzene rings is 1. The van der Waals surface area contributed by atoms with E-state index in [2.05, 4.69) is 20.8 Å². The summed E-state index contributed by atoms with van der Waals surface area (Å²) < 4.78 is 0.908. The molecule has 1 aliphatic carbocycles. The minimum atomic E-state index is 0.0227. The fourth-order valence-corrected chi connectivity index (χ4v) is 3.54. The van der Waals surface area contributed by atoms with Gasteiger partial charge in [-0.1, -0.05) is 41.3 Å². The summed E-state index contributed by atoms with van der Waals surface area (Å²) in [4.78, 5) is 11.8. The number of thioether (sulfide) groups is 1. The Labute approximate surface area is 131 Å². The molecular weight excluding hydrogens is 304 g/mol. The first kappa shape index (κ1) is 14.3. The van der Waals surface area contributed by atoms with Gasteiger partial charge in [0.05, 0.1) is 0 Å². The van der Waals surface area contributed by atoms with Crippen LogP contribution >= 0.6 is 23.1 Å². The molecule has 0 radical (unpaired) electrons. The summed E-state index contributed by atoms with van der Waals surface area (Å²) in [5.41, 5.74) is 0.833. The number of hydrogen-bond donors (Lipinski definition) is 2. The summed E-state index contributed by atoms with van der Waals surface area (Å²) in [5.74, 6) is 0.728. The van der Waals surface area contributed by atoms with Gasteiger partial charge in [-0.2, -0.15) is 0 Å². The Bertz CT molecular complexity index is 598. The summed E-state index contributed by atoms with van der Waals surface area (Å²) >= 11 is 3.13. The highest BCUT2D eigenvalue weighted by Crippen LogP contribution is 2.30. The minimum absolute atomic E-state index is 0.0227. The second-order valence-electron chi connectivity index (χ2n) is 4.80. The van der Waals surface area contributed by atoms with Gasteiger partial charge in [0.1, 0.15) is 0 Å². The van der Waals surface area contributed by atoms with Gasteiger partial charge in [-0.05, 0) is 25.0 Å². The Hall–Kier alpha value is -1.60. The number of amides is 1. The van der Waals surface area contributed by atoms with Gasteiger partial charge in [-0.15, -0.1) is 10.2 Å². The van der Waals surface area contributed by atoms with E-state index >= 15 is 0 Å². The molecule has 0 spiro atoms. The predicted octanol–water partition coefficient (Wildman–Crippen LogP) is 3.23. The summed E-state index contributed by atoms with van der Waals surface area (Å²) in [7, 11) is 0. The van der Waals surface area contributed by atoms with Crippen LogP contribution in [0.3, 0.4) is 0 Å². The molecule has 0 aliphatic heterocycles. The average molecular weight is 320 g/mol. The molecule has 1 aromatic heterocycles. The maximum absolute atomic E-state index is 11.8. The number of anilines is 2. The third-order valence-electron chi connectivity index (χ3n) is 2.92. The zero-order valence-corrected chi connectivity index (χ0v) is 13.0. The van der Waals surface area contributed by atoms with Crippen molar-refractivity contribution in [1.29, 1.82) is 0 Å². The Morgan fingerprint density at radius 3 is 2.86 bits per heavy atom. The molecule has 1 fully saturated rings. The number of para-hydroxylation sites is 1. The highest BCUT2D eigenvalue weighted by atomic mass is 32.2. The molecule has 0 bridgehead atoms. The van der Waals surface area contributed by atoms with E-state index in [-0.39, 0.29) is 5.91 Å². The standard InChI is InChI=1S/C14H16N4OS2/c19-12(15-10-4-2-1-3-5-10)8-9-20-14-18-17-13(21-14)16-11-6-7-11/h1-5,11H,6-9H2,(H,15,19)(H,16,17). The smallest absolute Gasteiger partial charge is 0.225 e. The topological polar surface area (TPSA) is 66.9 Å². The van der Waals surface area contributed by atoms with Gasteiger partial charge in [0.2, 0.25) is 11.0 Å². The third kappa shape index (κ3) is 4.71. The molecule has 1 amide bonds. The predicted molar refractivity (Wildman–Crippen MR) is 87.0 cm³/mol. The third-order valence-corrected chi connectivity index (χ3v) is 4.91. The monoisotopic (exact) mass is 320 g/mol. The van der Waals surface area contributed by atoms with E-state index in [9.17, 15) is 4.79 Å². The molecule has 21 heavy (non-hydrogen) atoms. The number of aromatic nitrogens is 2. The van der Waals surface area contributed by atoms with Crippen LogP contribution in [0.25, 0.3) is 0 Å². The molecule has 110 valence electrons. The zero-order valence-electron chi connectivity index (χ0n) is 11.4. The first-order valence-electron chi connectivity index (χ1n) is 6.87. The van der Waals surface area contributed by atoms with Crippen LogP contribution in [0.5, 0.6) is 0 Å². The highest BCUT2D eigenvalue weighted by Gasteiger charge is 2.22. The van der Waals surface area contributed by atoms with Crippen molar-refractivity contribution in [2.24, 2.45) is 0 Å². The van der Waals surface area contributed by atoms with Crippen LogP contribution in [0.4, 0.5) is 10.8 Å².